The van der Waals surface area contributed by atoms with Crippen molar-refractivity contribution in [3.63, 3.8) is 0 Å². The van der Waals surface area contributed by atoms with Gasteiger partial charge in [-0.05, 0) is 29.8 Å². The first-order chi connectivity index (χ1) is 16.7. The third-order valence-electron chi connectivity index (χ3n) is 5.31. The molecule has 1 aliphatic carbocycles. The van der Waals surface area contributed by atoms with Gasteiger partial charge in [0.15, 0.2) is 5.69 Å². The van der Waals surface area contributed by atoms with Crippen molar-refractivity contribution in [2.45, 2.75) is 19.6 Å². The highest BCUT2D eigenvalue weighted by atomic mass is 35.5. The molecule has 0 spiro atoms. The lowest BCUT2D eigenvalue weighted by atomic mass is 9.98. The molecule has 3 aromatic rings. The summed E-state index contributed by atoms with van der Waals surface area (Å²) in [5.41, 5.74) is 0.135. The highest BCUT2D eigenvalue weighted by molar-refractivity contribution is 6.30. The van der Waals surface area contributed by atoms with Crippen LogP contribution in [0.3, 0.4) is 0 Å². The number of aromatic nitrogens is 5. The van der Waals surface area contributed by atoms with Crippen molar-refractivity contribution in [3.8, 4) is 5.88 Å². The van der Waals surface area contributed by atoms with Gasteiger partial charge in [-0.3, -0.25) is 9.55 Å². The Morgan fingerprint density at radius 3 is 2.69 bits per heavy atom. The number of halogens is 1. The summed E-state index contributed by atoms with van der Waals surface area (Å²) in [5, 5.41) is 9.66. The molecule has 2 aromatic heterocycles. The molecule has 12 heteroatoms. The first-order valence-electron chi connectivity index (χ1n) is 10.5. The fourth-order valence-corrected chi connectivity index (χ4v) is 3.53. The molecule has 0 saturated carbocycles. The van der Waals surface area contributed by atoms with Gasteiger partial charge in [-0.2, -0.15) is 0 Å². The lowest BCUT2D eigenvalue weighted by Gasteiger charge is -2.22. The van der Waals surface area contributed by atoms with Gasteiger partial charge in [0, 0.05) is 24.1 Å². The van der Waals surface area contributed by atoms with E-state index in [0.717, 1.165) is 16.5 Å². The summed E-state index contributed by atoms with van der Waals surface area (Å²) in [6.07, 6.45) is 5.93. The van der Waals surface area contributed by atoms with E-state index in [1.807, 2.05) is 13.0 Å². The first-order valence-corrected chi connectivity index (χ1v) is 10.9. The second-order valence-corrected chi connectivity index (χ2v) is 8.30. The molecule has 2 unspecified atom stereocenters. The average Bonchev–Trinajstić information content (AvgIpc) is 2.83. The molecule has 0 fully saturated rings. The number of allylic oxidation sites excluding steroid dienone is 1. The minimum Gasteiger partial charge on any atom is -0.477 e. The number of ether oxygens (including phenoxy) is 1. The van der Waals surface area contributed by atoms with Gasteiger partial charge < -0.3 is 9.84 Å². The molecule has 2 atom stereocenters. The van der Waals surface area contributed by atoms with Crippen molar-refractivity contribution < 1.29 is 14.6 Å². The van der Waals surface area contributed by atoms with Gasteiger partial charge in [0.2, 0.25) is 11.5 Å². The molecule has 35 heavy (non-hydrogen) atoms. The molecule has 2 heterocycles. The predicted octanol–water partition coefficient (Wildman–Crippen LogP) is 1.50. The number of nitrogens with one attached hydrogen (secondary N) is 1. The Kier molecular flexibility index (Phi) is 6.78. The molecule has 0 amide bonds. The molecule has 1 aromatic carbocycles. The van der Waals surface area contributed by atoms with E-state index in [4.69, 9.17) is 21.4 Å². The number of hydrogen-bond donors (Lipinski definition) is 2. The summed E-state index contributed by atoms with van der Waals surface area (Å²) in [5.74, 6) is -1.23. The number of aromatic amines is 1. The molecule has 0 bridgehead atoms. The smallest absolute Gasteiger partial charge is 0.354 e. The molecule has 0 saturated heterocycles. The van der Waals surface area contributed by atoms with E-state index >= 15 is 0 Å². The Morgan fingerprint density at radius 1 is 1.26 bits per heavy atom. The van der Waals surface area contributed by atoms with Crippen molar-refractivity contribution in [1.29, 1.82) is 0 Å². The first kappa shape index (κ1) is 23.9. The number of hydrogen-bond acceptors (Lipinski definition) is 7. The van der Waals surface area contributed by atoms with Crippen LogP contribution in [-0.2, 0) is 13.6 Å². The highest BCUT2D eigenvalue weighted by Crippen LogP contribution is 2.22. The van der Waals surface area contributed by atoms with Gasteiger partial charge in [0.05, 0.1) is 12.2 Å². The number of carbonyl (C=O) groups is 1. The number of benzene rings is 1. The summed E-state index contributed by atoms with van der Waals surface area (Å²) in [6, 6.07) is 8.26. The summed E-state index contributed by atoms with van der Waals surface area (Å²) in [7, 11) is 1.38. The lowest BCUT2D eigenvalue weighted by molar-refractivity contribution is 0.0689. The second kappa shape index (κ2) is 9.94. The lowest BCUT2D eigenvalue weighted by Crippen LogP contribution is -2.49. The molecule has 0 radical (unpaired) electrons. The van der Waals surface area contributed by atoms with E-state index in [-0.39, 0.29) is 29.7 Å². The Morgan fingerprint density at radius 2 is 2.00 bits per heavy atom. The van der Waals surface area contributed by atoms with Gasteiger partial charge in [-0.1, -0.05) is 36.7 Å². The largest absolute Gasteiger partial charge is 0.477 e. The molecule has 180 valence electrons. The van der Waals surface area contributed by atoms with E-state index in [2.05, 4.69) is 19.9 Å². The van der Waals surface area contributed by atoms with Crippen LogP contribution in [0.5, 0.6) is 5.88 Å². The Bertz CT molecular complexity index is 1520. The van der Waals surface area contributed by atoms with E-state index in [1.165, 1.54) is 17.7 Å². The van der Waals surface area contributed by atoms with E-state index in [9.17, 15) is 14.4 Å². The Labute approximate surface area is 203 Å². The highest BCUT2D eigenvalue weighted by Gasteiger charge is 2.20. The van der Waals surface area contributed by atoms with Crippen LogP contribution in [0.15, 0.2) is 75.2 Å². The fraction of sp³-hybridized carbons (Fsp3) is 0.217. The van der Waals surface area contributed by atoms with Crippen molar-refractivity contribution in [1.82, 2.24) is 24.1 Å². The molecule has 1 aliphatic rings. The van der Waals surface area contributed by atoms with Gasteiger partial charge in [0.1, 0.15) is 12.4 Å². The zero-order valence-corrected chi connectivity index (χ0v) is 19.5. The fourth-order valence-electron chi connectivity index (χ4n) is 3.40. The molecule has 4 rings (SSSR count). The normalized spacial score (nSPS) is 17.8. The Hall–Kier alpha value is -4.25. The van der Waals surface area contributed by atoms with Gasteiger partial charge in [-0.25, -0.2) is 33.9 Å². The molecule has 0 aliphatic heterocycles. The zero-order chi connectivity index (χ0) is 25.1. The Balaban J connectivity index is 1.63. The maximum Gasteiger partial charge on any atom is 0.354 e. The number of carboxylic acids is 1. The maximum atomic E-state index is 12.8. The van der Waals surface area contributed by atoms with Crippen LogP contribution < -0.4 is 21.7 Å². The van der Waals surface area contributed by atoms with Crippen molar-refractivity contribution in [2.24, 2.45) is 18.0 Å². The number of rotatable bonds is 6. The predicted molar refractivity (Wildman–Crippen MR) is 126 cm³/mol. The molecule has 11 nitrogen and oxygen atoms in total. The molecule has 2 N–H and O–H groups in total. The van der Waals surface area contributed by atoms with Crippen LogP contribution in [0.25, 0.3) is 0 Å². The quantitative estimate of drug-likeness (QED) is 0.526. The molecular formula is C23H21ClN6O5. The molecular weight excluding hydrogens is 476 g/mol. The van der Waals surface area contributed by atoms with Gasteiger partial charge in [-0.15, -0.1) is 0 Å². The van der Waals surface area contributed by atoms with Crippen LogP contribution >= 0.6 is 11.6 Å². The topological polar surface area (TPSA) is 144 Å². The summed E-state index contributed by atoms with van der Waals surface area (Å²) >= 11 is 5.95. The van der Waals surface area contributed by atoms with Crippen LogP contribution in [0, 0.1) is 5.92 Å². The van der Waals surface area contributed by atoms with Crippen molar-refractivity contribution >= 4 is 17.6 Å². The SMILES string of the molecule is CC1C=C(/N=c2\[nH]c(=O)n(C)c(=O)n2Cc2ccc(Cl)cc2)C=CC1Oc1cc(C(=O)O)ncn1. The van der Waals surface area contributed by atoms with Crippen LogP contribution in [-0.4, -0.2) is 41.3 Å². The third-order valence-corrected chi connectivity index (χ3v) is 5.56. The average molecular weight is 497 g/mol. The zero-order valence-electron chi connectivity index (χ0n) is 18.8. The van der Waals surface area contributed by atoms with Gasteiger partial charge in [0.25, 0.3) is 0 Å². The minimum absolute atomic E-state index is 0.0948. The number of carboxylic acid groups (broad SMARTS) is 1. The third kappa shape index (κ3) is 5.46. The number of H-pyrrole nitrogens is 1. The monoisotopic (exact) mass is 496 g/mol. The van der Waals surface area contributed by atoms with Crippen LogP contribution in [0.1, 0.15) is 23.0 Å². The van der Waals surface area contributed by atoms with Crippen molar-refractivity contribution in [2.75, 3.05) is 0 Å². The standard InChI is InChI=1S/C23H21ClN6O5/c1-13-9-16(7-8-18(13)35-19-10-17(20(31)32)25-12-26-19)27-21-28-22(33)29(2)23(34)30(21)11-14-3-5-15(24)6-4-14/h3-10,12-13,18H,11H2,1-2H3,(H,31,32)(H,27,28,33). The van der Waals surface area contributed by atoms with E-state index in [0.29, 0.717) is 10.7 Å². The summed E-state index contributed by atoms with van der Waals surface area (Å²) in [6.45, 7) is 2.06. The van der Waals surface area contributed by atoms with E-state index < -0.39 is 23.5 Å². The van der Waals surface area contributed by atoms with Crippen LogP contribution in [0.2, 0.25) is 5.02 Å². The van der Waals surface area contributed by atoms with E-state index in [1.54, 1.807) is 36.4 Å². The summed E-state index contributed by atoms with van der Waals surface area (Å²) in [4.78, 5) is 51.0. The maximum absolute atomic E-state index is 12.8. The van der Waals surface area contributed by atoms with Gasteiger partial charge >= 0.3 is 17.3 Å². The second-order valence-electron chi connectivity index (χ2n) is 7.86. The van der Waals surface area contributed by atoms with Crippen LogP contribution in [0.4, 0.5) is 0 Å². The summed E-state index contributed by atoms with van der Waals surface area (Å²) < 4.78 is 8.14. The minimum atomic E-state index is -1.18. The number of aromatic carboxylic acids is 1. The van der Waals surface area contributed by atoms with Crippen molar-refractivity contribution in [3.05, 3.63) is 103 Å². The number of nitrogens with zero attached hydrogens (tertiary/aromatic N) is 5.